The molecule has 140 valence electrons. The largest absolute Gasteiger partial charge is 0.367 e. The number of piperazine rings is 1. The maximum absolute atomic E-state index is 6.39. The number of hydrogen-bond donors (Lipinski definition) is 0. The van der Waals surface area contributed by atoms with Crippen LogP contribution >= 0.6 is 22.9 Å². The van der Waals surface area contributed by atoms with Gasteiger partial charge in [0.25, 0.3) is 0 Å². The van der Waals surface area contributed by atoms with Crippen LogP contribution in [0, 0.1) is 5.92 Å². The van der Waals surface area contributed by atoms with Gasteiger partial charge in [0.2, 0.25) is 0 Å². The van der Waals surface area contributed by atoms with Crippen LogP contribution in [-0.4, -0.2) is 36.1 Å². The van der Waals surface area contributed by atoms with E-state index >= 15 is 0 Å². The zero-order valence-electron chi connectivity index (χ0n) is 15.5. The molecule has 5 rings (SSSR count). The average molecular weight is 399 g/mol. The second-order valence-electron chi connectivity index (χ2n) is 7.65. The summed E-state index contributed by atoms with van der Waals surface area (Å²) in [6, 6.07) is 8.12. The van der Waals surface area contributed by atoms with E-state index in [0.29, 0.717) is 0 Å². The molecule has 27 heavy (non-hydrogen) atoms. The molecule has 1 aliphatic carbocycles. The molecule has 1 aromatic carbocycles. The number of aryl methyl sites for hydroxylation is 1. The number of para-hydroxylation sites is 1. The first kappa shape index (κ1) is 17.3. The third-order valence-corrected chi connectivity index (χ3v) is 7.36. The minimum Gasteiger partial charge on any atom is -0.367 e. The number of nitrogens with zero attached hydrogens (tertiary/aromatic N) is 4. The highest BCUT2D eigenvalue weighted by Crippen LogP contribution is 2.41. The highest BCUT2D eigenvalue weighted by Gasteiger charge is 2.27. The van der Waals surface area contributed by atoms with E-state index in [-0.39, 0.29) is 0 Å². The molecule has 0 spiro atoms. The van der Waals surface area contributed by atoms with E-state index in [9.17, 15) is 0 Å². The third-order valence-electron chi connectivity index (χ3n) is 5.84. The van der Waals surface area contributed by atoms with E-state index in [1.165, 1.54) is 28.7 Å². The smallest absolute Gasteiger partial charge is 0.141 e. The van der Waals surface area contributed by atoms with Gasteiger partial charge in [0.1, 0.15) is 17.0 Å². The Morgan fingerprint density at radius 1 is 1.07 bits per heavy atom. The lowest BCUT2D eigenvalue weighted by Gasteiger charge is -2.37. The number of aromatic nitrogens is 2. The molecular weight excluding hydrogens is 376 g/mol. The predicted molar refractivity (Wildman–Crippen MR) is 114 cm³/mol. The van der Waals surface area contributed by atoms with Gasteiger partial charge in [0.15, 0.2) is 0 Å². The van der Waals surface area contributed by atoms with Crippen molar-refractivity contribution in [3.63, 3.8) is 0 Å². The molecule has 4 nitrogen and oxygen atoms in total. The van der Waals surface area contributed by atoms with Gasteiger partial charge in [-0.25, -0.2) is 9.97 Å². The van der Waals surface area contributed by atoms with E-state index in [0.717, 1.165) is 59.9 Å². The molecule has 2 aromatic heterocycles. The summed E-state index contributed by atoms with van der Waals surface area (Å²) in [6.07, 6.45) is 5.38. The second kappa shape index (κ2) is 6.95. The first-order valence-corrected chi connectivity index (χ1v) is 10.9. The molecule has 6 heteroatoms. The number of benzene rings is 1. The van der Waals surface area contributed by atoms with Gasteiger partial charge in [-0.1, -0.05) is 30.7 Å². The molecule has 0 saturated carbocycles. The Morgan fingerprint density at radius 3 is 2.67 bits per heavy atom. The minimum absolute atomic E-state index is 0.750. The third kappa shape index (κ3) is 3.07. The molecule has 0 N–H and O–H groups in total. The number of anilines is 2. The van der Waals surface area contributed by atoms with Crippen molar-refractivity contribution in [2.75, 3.05) is 36.0 Å². The van der Waals surface area contributed by atoms with Crippen LogP contribution in [0.1, 0.15) is 23.8 Å². The van der Waals surface area contributed by atoms with Crippen molar-refractivity contribution in [3.05, 3.63) is 46.1 Å². The van der Waals surface area contributed by atoms with Crippen molar-refractivity contribution in [1.82, 2.24) is 9.97 Å². The Bertz CT molecular complexity index is 977. The standard InChI is InChI=1S/C21H23ClN4S/c1-14-6-7-18-15(12-14)19-20(23-13-24-21(19)27-18)26-10-8-25(9-11-26)17-5-3-2-4-16(17)22/h2-5,13-14H,6-12H2,1H3. The highest BCUT2D eigenvalue weighted by atomic mass is 35.5. The molecule has 1 unspecified atom stereocenters. The number of halogens is 1. The summed E-state index contributed by atoms with van der Waals surface area (Å²) in [5, 5.41) is 2.14. The fraction of sp³-hybridized carbons (Fsp3) is 0.429. The summed E-state index contributed by atoms with van der Waals surface area (Å²) >= 11 is 8.27. The van der Waals surface area contributed by atoms with Crippen LogP contribution in [0.25, 0.3) is 10.2 Å². The molecule has 3 heterocycles. The van der Waals surface area contributed by atoms with Gasteiger partial charge >= 0.3 is 0 Å². The molecule has 1 saturated heterocycles. The maximum Gasteiger partial charge on any atom is 0.141 e. The van der Waals surface area contributed by atoms with E-state index in [2.05, 4.69) is 33.8 Å². The van der Waals surface area contributed by atoms with E-state index in [1.54, 1.807) is 6.33 Å². The Balaban J connectivity index is 1.44. The van der Waals surface area contributed by atoms with Crippen molar-refractivity contribution in [2.24, 2.45) is 5.92 Å². The Hall–Kier alpha value is -1.85. The van der Waals surface area contributed by atoms with Crippen LogP contribution in [0.5, 0.6) is 0 Å². The minimum atomic E-state index is 0.750. The summed E-state index contributed by atoms with van der Waals surface area (Å²) in [6.45, 7) is 6.18. The molecule has 3 aromatic rings. The molecule has 1 atom stereocenters. The number of hydrogen-bond acceptors (Lipinski definition) is 5. The van der Waals surface area contributed by atoms with Gasteiger partial charge in [-0.15, -0.1) is 11.3 Å². The Labute approximate surface area is 168 Å². The van der Waals surface area contributed by atoms with Gasteiger partial charge < -0.3 is 9.80 Å². The van der Waals surface area contributed by atoms with Gasteiger partial charge in [0, 0.05) is 31.1 Å². The van der Waals surface area contributed by atoms with Gasteiger partial charge in [0.05, 0.1) is 16.1 Å². The van der Waals surface area contributed by atoms with E-state index in [1.807, 2.05) is 23.5 Å². The summed E-state index contributed by atoms with van der Waals surface area (Å²) in [4.78, 5) is 16.8. The van der Waals surface area contributed by atoms with Crippen LogP contribution in [0.15, 0.2) is 30.6 Å². The number of thiophene rings is 1. The molecule has 0 bridgehead atoms. The summed E-state index contributed by atoms with van der Waals surface area (Å²) < 4.78 is 0. The monoisotopic (exact) mass is 398 g/mol. The van der Waals surface area contributed by atoms with Gasteiger partial charge in [-0.05, 0) is 42.9 Å². The van der Waals surface area contributed by atoms with Crippen molar-refractivity contribution < 1.29 is 0 Å². The fourth-order valence-corrected chi connectivity index (χ4v) is 5.81. The second-order valence-corrected chi connectivity index (χ2v) is 9.15. The fourth-order valence-electron chi connectivity index (χ4n) is 4.37. The van der Waals surface area contributed by atoms with Crippen molar-refractivity contribution >= 4 is 44.7 Å². The quantitative estimate of drug-likeness (QED) is 0.620. The zero-order chi connectivity index (χ0) is 18.4. The van der Waals surface area contributed by atoms with E-state index < -0.39 is 0 Å². The molecule has 1 aliphatic heterocycles. The molecular formula is C21H23ClN4S. The molecule has 0 amide bonds. The average Bonchev–Trinajstić information content (AvgIpc) is 3.06. The lowest BCUT2D eigenvalue weighted by Crippen LogP contribution is -2.47. The van der Waals surface area contributed by atoms with Gasteiger partial charge in [-0.3, -0.25) is 0 Å². The number of fused-ring (bicyclic) bond motifs is 3. The van der Waals surface area contributed by atoms with Crippen LogP contribution in [-0.2, 0) is 12.8 Å². The van der Waals surface area contributed by atoms with Gasteiger partial charge in [-0.2, -0.15) is 0 Å². The van der Waals surface area contributed by atoms with Crippen LogP contribution in [0.2, 0.25) is 5.02 Å². The zero-order valence-corrected chi connectivity index (χ0v) is 17.1. The Kier molecular flexibility index (Phi) is 4.44. The maximum atomic E-state index is 6.39. The van der Waals surface area contributed by atoms with Crippen molar-refractivity contribution in [1.29, 1.82) is 0 Å². The lowest BCUT2D eigenvalue weighted by molar-refractivity contribution is 0.508. The molecule has 2 aliphatic rings. The van der Waals surface area contributed by atoms with Crippen LogP contribution in [0.3, 0.4) is 0 Å². The summed E-state index contributed by atoms with van der Waals surface area (Å²) in [5.74, 6) is 1.88. The first-order valence-electron chi connectivity index (χ1n) is 9.70. The van der Waals surface area contributed by atoms with E-state index in [4.69, 9.17) is 16.6 Å². The SMILES string of the molecule is CC1CCc2sc3ncnc(N4CCN(c5ccccc5Cl)CC4)c3c2C1. The lowest BCUT2D eigenvalue weighted by atomic mass is 9.88. The van der Waals surface area contributed by atoms with Crippen molar-refractivity contribution in [2.45, 2.75) is 26.2 Å². The Morgan fingerprint density at radius 2 is 1.85 bits per heavy atom. The van der Waals surface area contributed by atoms with Crippen LogP contribution < -0.4 is 9.80 Å². The summed E-state index contributed by atoms with van der Waals surface area (Å²) in [5.41, 5.74) is 2.64. The van der Waals surface area contributed by atoms with Crippen LogP contribution in [0.4, 0.5) is 11.5 Å². The first-order chi connectivity index (χ1) is 13.2. The molecule has 0 radical (unpaired) electrons. The topological polar surface area (TPSA) is 32.3 Å². The number of rotatable bonds is 2. The van der Waals surface area contributed by atoms with Crippen molar-refractivity contribution in [3.8, 4) is 0 Å². The summed E-state index contributed by atoms with van der Waals surface area (Å²) in [7, 11) is 0. The normalized spacial score (nSPS) is 20.1. The predicted octanol–water partition coefficient (Wildman–Crippen LogP) is 4.80. The highest BCUT2D eigenvalue weighted by molar-refractivity contribution is 7.19. The molecule has 1 fully saturated rings.